The fourth-order valence-corrected chi connectivity index (χ4v) is 4.41. The Morgan fingerprint density at radius 1 is 0.971 bits per heavy atom. The molecule has 0 radical (unpaired) electrons. The molecule has 0 aliphatic carbocycles. The number of hydrogen-bond donors (Lipinski definition) is 3. The van der Waals surface area contributed by atoms with Gasteiger partial charge in [0, 0.05) is 17.3 Å². The maximum absolute atomic E-state index is 13.6. The van der Waals surface area contributed by atoms with E-state index in [1.54, 1.807) is 38.1 Å². The molecule has 0 spiro atoms. The van der Waals surface area contributed by atoms with Crippen LogP contribution in [-0.4, -0.2) is 25.2 Å². The number of nitrogens with one attached hydrogen (secondary N) is 2. The van der Waals surface area contributed by atoms with Gasteiger partial charge in [-0.1, -0.05) is 23.4 Å². The molecule has 0 aliphatic rings. The summed E-state index contributed by atoms with van der Waals surface area (Å²) < 4.78 is 46.1. The quantitative estimate of drug-likeness (QED) is 0.342. The topological polar surface area (TPSA) is 108 Å². The largest absolute Gasteiger partial charge is 0.416 e. The third-order valence-electron chi connectivity index (χ3n) is 5.98. The summed E-state index contributed by atoms with van der Waals surface area (Å²) in [5.74, 6) is 0.506. The Labute approximate surface area is 196 Å². The first-order valence-corrected chi connectivity index (χ1v) is 10.6. The minimum atomic E-state index is -4.63. The third kappa shape index (κ3) is 3.71. The van der Waals surface area contributed by atoms with E-state index in [4.69, 9.17) is 4.52 Å². The lowest BCUT2D eigenvalue weighted by molar-refractivity contribution is -0.137. The monoisotopic (exact) mass is 480 g/mol. The van der Waals surface area contributed by atoms with E-state index >= 15 is 0 Å². The van der Waals surface area contributed by atoms with Gasteiger partial charge in [0.05, 0.1) is 28.0 Å². The van der Waals surface area contributed by atoms with Gasteiger partial charge in [-0.2, -0.15) is 13.2 Å². The van der Waals surface area contributed by atoms with Crippen molar-refractivity contribution >= 4 is 11.0 Å². The molecule has 1 unspecified atom stereocenters. The van der Waals surface area contributed by atoms with Crippen molar-refractivity contribution < 1.29 is 22.8 Å². The standard InChI is InChI=1S/C25H19F3N4O3/c1-13-21(14(2)35-32-13)15-10-18(22-19(11-15)30-23(33)31-22)24(34,20-8-3-4-9-29-20)16-6-5-7-17(12-16)25(26,27)28/h3-12,34H,1-2H3,(H2,30,31,33). The highest BCUT2D eigenvalue weighted by Crippen LogP contribution is 2.42. The van der Waals surface area contributed by atoms with Crippen LogP contribution in [0.5, 0.6) is 0 Å². The first kappa shape index (κ1) is 22.6. The van der Waals surface area contributed by atoms with Gasteiger partial charge in [-0.05, 0) is 61.4 Å². The van der Waals surface area contributed by atoms with Gasteiger partial charge in [0.2, 0.25) is 0 Å². The van der Waals surface area contributed by atoms with Crippen LogP contribution in [0.1, 0.15) is 33.8 Å². The molecule has 0 amide bonds. The molecule has 5 aromatic rings. The van der Waals surface area contributed by atoms with E-state index in [-0.39, 0.29) is 22.3 Å². The average molecular weight is 480 g/mol. The second kappa shape index (κ2) is 7.95. The number of H-pyrrole nitrogens is 2. The summed E-state index contributed by atoms with van der Waals surface area (Å²) in [5.41, 5.74) is -1.10. The lowest BCUT2D eigenvalue weighted by Gasteiger charge is -2.30. The van der Waals surface area contributed by atoms with Gasteiger partial charge in [0.1, 0.15) is 5.76 Å². The van der Waals surface area contributed by atoms with Gasteiger partial charge in [0.15, 0.2) is 5.60 Å². The highest BCUT2D eigenvalue weighted by atomic mass is 19.4. The van der Waals surface area contributed by atoms with Gasteiger partial charge in [-0.3, -0.25) is 4.98 Å². The molecule has 5 rings (SSSR count). The van der Waals surface area contributed by atoms with E-state index in [9.17, 15) is 23.1 Å². The first-order chi connectivity index (χ1) is 16.6. The van der Waals surface area contributed by atoms with Crippen molar-refractivity contribution in [3.8, 4) is 11.1 Å². The lowest BCUT2D eigenvalue weighted by Crippen LogP contribution is -2.31. The third-order valence-corrected chi connectivity index (χ3v) is 5.98. The van der Waals surface area contributed by atoms with Crippen molar-refractivity contribution in [2.75, 3.05) is 0 Å². The normalized spacial score (nSPS) is 13.8. The highest BCUT2D eigenvalue weighted by molar-refractivity contribution is 5.87. The second-order valence-corrected chi connectivity index (χ2v) is 8.23. The number of aliphatic hydroxyl groups is 1. The molecule has 3 heterocycles. The van der Waals surface area contributed by atoms with Crippen molar-refractivity contribution in [3.63, 3.8) is 0 Å². The molecular formula is C25H19F3N4O3. The van der Waals surface area contributed by atoms with Crippen LogP contribution in [0.2, 0.25) is 0 Å². The molecule has 7 nitrogen and oxygen atoms in total. The maximum Gasteiger partial charge on any atom is 0.416 e. The summed E-state index contributed by atoms with van der Waals surface area (Å²) in [5, 5.41) is 16.2. The van der Waals surface area contributed by atoms with Gasteiger partial charge >= 0.3 is 11.9 Å². The van der Waals surface area contributed by atoms with Crippen LogP contribution in [0.4, 0.5) is 13.2 Å². The number of aromatic amines is 2. The molecule has 0 fully saturated rings. The minimum absolute atomic E-state index is 0.0645. The molecule has 3 aromatic heterocycles. The lowest BCUT2D eigenvalue weighted by atomic mass is 9.80. The van der Waals surface area contributed by atoms with Crippen LogP contribution in [0.25, 0.3) is 22.2 Å². The van der Waals surface area contributed by atoms with Gasteiger partial charge in [-0.15, -0.1) is 0 Å². The number of fused-ring (bicyclic) bond motifs is 1. The van der Waals surface area contributed by atoms with Crippen molar-refractivity contribution in [2.45, 2.75) is 25.6 Å². The maximum atomic E-state index is 13.6. The summed E-state index contributed by atoms with van der Waals surface area (Å²) in [6, 6.07) is 12.5. The summed E-state index contributed by atoms with van der Waals surface area (Å²) in [6.07, 6.45) is -3.19. The van der Waals surface area contributed by atoms with Crippen LogP contribution >= 0.6 is 0 Å². The van der Waals surface area contributed by atoms with Crippen LogP contribution in [-0.2, 0) is 11.8 Å². The van der Waals surface area contributed by atoms with Crippen molar-refractivity contribution in [1.82, 2.24) is 20.1 Å². The number of halogens is 3. The molecule has 2 aromatic carbocycles. The molecule has 10 heteroatoms. The number of hydrogen-bond acceptors (Lipinski definition) is 5. The molecule has 0 aliphatic heterocycles. The fourth-order valence-electron chi connectivity index (χ4n) is 4.41. The number of imidazole rings is 1. The van der Waals surface area contributed by atoms with E-state index in [0.717, 1.165) is 12.1 Å². The van der Waals surface area contributed by atoms with E-state index in [1.165, 1.54) is 24.4 Å². The number of rotatable bonds is 4. The van der Waals surface area contributed by atoms with Gasteiger partial charge in [-0.25, -0.2) is 4.79 Å². The smallest absolute Gasteiger partial charge is 0.374 e. The molecule has 0 bridgehead atoms. The zero-order valence-corrected chi connectivity index (χ0v) is 18.6. The number of benzene rings is 2. The van der Waals surface area contributed by atoms with E-state index < -0.39 is 23.0 Å². The molecule has 0 saturated heterocycles. The second-order valence-electron chi connectivity index (χ2n) is 8.23. The number of aromatic nitrogens is 4. The van der Waals surface area contributed by atoms with Crippen molar-refractivity contribution in [2.24, 2.45) is 0 Å². The molecule has 35 heavy (non-hydrogen) atoms. The van der Waals surface area contributed by atoms with Crippen LogP contribution in [0.15, 0.2) is 70.1 Å². The Morgan fingerprint density at radius 2 is 1.74 bits per heavy atom. The predicted octanol–water partition coefficient (Wildman–Crippen LogP) is 4.83. The minimum Gasteiger partial charge on any atom is -0.374 e. The summed E-state index contributed by atoms with van der Waals surface area (Å²) >= 11 is 0. The predicted molar refractivity (Wildman–Crippen MR) is 122 cm³/mol. The molecule has 3 N–H and O–H groups in total. The zero-order valence-electron chi connectivity index (χ0n) is 18.6. The number of alkyl halides is 3. The SMILES string of the molecule is Cc1noc(C)c1-c1cc(C(O)(c2cccc(C(F)(F)F)c2)c2ccccn2)c2[nH]c(=O)[nH]c2c1. The van der Waals surface area contributed by atoms with Crippen LogP contribution < -0.4 is 5.69 Å². The Bertz CT molecular complexity index is 1580. The molecule has 0 saturated carbocycles. The van der Waals surface area contributed by atoms with Crippen LogP contribution in [0, 0.1) is 13.8 Å². The summed E-state index contributed by atoms with van der Waals surface area (Å²) in [6.45, 7) is 3.46. The Morgan fingerprint density at radius 3 is 2.40 bits per heavy atom. The Hall–Kier alpha value is -4.18. The number of aryl methyl sites for hydroxylation is 2. The zero-order chi connectivity index (χ0) is 25.0. The molecule has 1 atom stereocenters. The van der Waals surface area contributed by atoms with Crippen LogP contribution in [0.3, 0.4) is 0 Å². The van der Waals surface area contributed by atoms with E-state index in [0.29, 0.717) is 28.1 Å². The fraction of sp³-hybridized carbons (Fsp3) is 0.160. The first-order valence-electron chi connectivity index (χ1n) is 10.6. The van der Waals surface area contributed by atoms with E-state index in [1.807, 2.05) is 0 Å². The molecular weight excluding hydrogens is 461 g/mol. The summed E-state index contributed by atoms with van der Waals surface area (Å²) in [4.78, 5) is 21.9. The van der Waals surface area contributed by atoms with Crippen molar-refractivity contribution in [1.29, 1.82) is 0 Å². The Kier molecular flexibility index (Phi) is 5.13. The van der Waals surface area contributed by atoms with E-state index in [2.05, 4.69) is 20.1 Å². The van der Waals surface area contributed by atoms with Gasteiger partial charge in [0.25, 0.3) is 0 Å². The number of pyridine rings is 1. The van der Waals surface area contributed by atoms with Gasteiger partial charge < -0.3 is 19.6 Å². The highest BCUT2D eigenvalue weighted by Gasteiger charge is 2.40. The molecule has 178 valence electrons. The Balaban J connectivity index is 1.89. The van der Waals surface area contributed by atoms with Crippen molar-refractivity contribution in [3.05, 3.63) is 105 Å². The summed E-state index contributed by atoms with van der Waals surface area (Å²) in [7, 11) is 0. The number of nitrogens with zero attached hydrogens (tertiary/aromatic N) is 2. The average Bonchev–Trinajstić information content (AvgIpc) is 3.38.